The van der Waals surface area contributed by atoms with Gasteiger partial charge in [0.2, 0.25) is 5.65 Å². The molecule has 2 aromatic rings. The van der Waals surface area contributed by atoms with E-state index in [1.54, 1.807) is 6.20 Å². The molecular formula is C12H18ClN5. The second-order valence-corrected chi connectivity index (χ2v) is 4.85. The summed E-state index contributed by atoms with van der Waals surface area (Å²) in [6.45, 7) is 4.96. The van der Waals surface area contributed by atoms with Crippen LogP contribution in [0.25, 0.3) is 5.65 Å². The van der Waals surface area contributed by atoms with Crippen LogP contribution in [-0.2, 0) is 0 Å². The number of nitrogens with one attached hydrogen (secondary N) is 1. The first kappa shape index (κ1) is 13.1. The lowest BCUT2D eigenvalue weighted by molar-refractivity contribution is 0.572. The van der Waals surface area contributed by atoms with Gasteiger partial charge in [0.25, 0.3) is 0 Å². The van der Waals surface area contributed by atoms with Crippen LogP contribution in [0.2, 0.25) is 0 Å². The van der Waals surface area contributed by atoms with Gasteiger partial charge in [0, 0.05) is 24.8 Å². The van der Waals surface area contributed by atoms with Gasteiger partial charge in [-0.15, -0.1) is 21.8 Å². The second-order valence-electron chi connectivity index (χ2n) is 4.55. The summed E-state index contributed by atoms with van der Waals surface area (Å²) >= 11 is 5.77. The van der Waals surface area contributed by atoms with Crippen LogP contribution in [0.4, 0.5) is 5.82 Å². The number of anilines is 1. The fourth-order valence-corrected chi connectivity index (χ4v) is 1.96. The highest BCUT2D eigenvalue weighted by atomic mass is 35.5. The molecule has 0 bridgehead atoms. The Morgan fingerprint density at radius 3 is 3.06 bits per heavy atom. The van der Waals surface area contributed by atoms with E-state index in [4.69, 9.17) is 11.6 Å². The zero-order valence-electron chi connectivity index (χ0n) is 10.7. The van der Waals surface area contributed by atoms with E-state index in [1.807, 2.05) is 17.5 Å². The third-order valence-corrected chi connectivity index (χ3v) is 3.45. The number of nitrogens with zero attached hydrogens (tertiary/aromatic N) is 4. The molecule has 1 N–H and O–H groups in total. The molecular weight excluding hydrogens is 250 g/mol. The monoisotopic (exact) mass is 267 g/mol. The smallest absolute Gasteiger partial charge is 0.203 e. The molecule has 0 aliphatic heterocycles. The topological polar surface area (TPSA) is 55.1 Å². The molecule has 0 aromatic carbocycles. The van der Waals surface area contributed by atoms with Crippen molar-refractivity contribution in [2.24, 2.45) is 5.92 Å². The third-order valence-electron chi connectivity index (χ3n) is 2.93. The number of aryl methyl sites for hydroxylation is 1. The van der Waals surface area contributed by atoms with Gasteiger partial charge in [-0.2, -0.15) is 0 Å². The highest BCUT2D eigenvalue weighted by Crippen LogP contribution is 2.13. The van der Waals surface area contributed by atoms with Crippen molar-refractivity contribution in [2.75, 3.05) is 17.7 Å². The van der Waals surface area contributed by atoms with E-state index < -0.39 is 0 Å². The number of halogens is 1. The summed E-state index contributed by atoms with van der Waals surface area (Å²) in [5.41, 5.74) is 0.778. The van der Waals surface area contributed by atoms with E-state index >= 15 is 0 Å². The molecule has 1 unspecified atom stereocenters. The molecule has 2 heterocycles. The van der Waals surface area contributed by atoms with Gasteiger partial charge in [-0.05, 0) is 25.7 Å². The zero-order chi connectivity index (χ0) is 13.0. The number of aromatic nitrogens is 4. The van der Waals surface area contributed by atoms with Crippen LogP contribution in [-0.4, -0.2) is 32.0 Å². The fraction of sp³-hybridized carbons (Fsp3) is 0.583. The summed E-state index contributed by atoms with van der Waals surface area (Å²) in [6.07, 6.45) is 5.81. The Morgan fingerprint density at radius 2 is 2.28 bits per heavy atom. The van der Waals surface area contributed by atoms with E-state index in [-0.39, 0.29) is 0 Å². The maximum atomic E-state index is 5.77. The SMILES string of the molecule is Cc1nnc2c(NCCCC(C)CCl)nccn12. The van der Waals surface area contributed by atoms with Gasteiger partial charge in [0.15, 0.2) is 5.82 Å². The van der Waals surface area contributed by atoms with E-state index in [2.05, 4.69) is 27.4 Å². The van der Waals surface area contributed by atoms with Crippen LogP contribution in [0.1, 0.15) is 25.6 Å². The predicted octanol–water partition coefficient (Wildman–Crippen LogP) is 2.50. The first-order valence-electron chi connectivity index (χ1n) is 6.18. The summed E-state index contributed by atoms with van der Waals surface area (Å²) in [7, 11) is 0. The first-order chi connectivity index (χ1) is 8.72. The van der Waals surface area contributed by atoms with Gasteiger partial charge >= 0.3 is 0 Å². The van der Waals surface area contributed by atoms with Crippen LogP contribution in [0.3, 0.4) is 0 Å². The number of hydrogen-bond acceptors (Lipinski definition) is 4. The normalized spacial score (nSPS) is 12.8. The van der Waals surface area contributed by atoms with Crippen LogP contribution >= 0.6 is 11.6 Å². The molecule has 0 aliphatic carbocycles. The van der Waals surface area contributed by atoms with Gasteiger partial charge in [0.05, 0.1) is 0 Å². The van der Waals surface area contributed by atoms with Crippen molar-refractivity contribution in [3.63, 3.8) is 0 Å². The quantitative estimate of drug-likeness (QED) is 0.645. The second kappa shape index (κ2) is 6.00. The third kappa shape index (κ3) is 2.90. The van der Waals surface area contributed by atoms with Crippen LogP contribution in [0, 0.1) is 12.8 Å². The molecule has 0 radical (unpaired) electrons. The van der Waals surface area contributed by atoms with E-state index in [0.717, 1.165) is 42.6 Å². The molecule has 0 saturated carbocycles. The molecule has 0 aliphatic rings. The lowest BCUT2D eigenvalue weighted by atomic mass is 10.1. The minimum Gasteiger partial charge on any atom is -0.367 e. The summed E-state index contributed by atoms with van der Waals surface area (Å²) in [6, 6.07) is 0. The molecule has 0 fully saturated rings. The number of rotatable bonds is 6. The lowest BCUT2D eigenvalue weighted by Crippen LogP contribution is -2.07. The Hall–Kier alpha value is -1.36. The van der Waals surface area contributed by atoms with Crippen LogP contribution in [0.15, 0.2) is 12.4 Å². The Balaban J connectivity index is 1.95. The number of fused-ring (bicyclic) bond motifs is 1. The van der Waals surface area contributed by atoms with Crippen LogP contribution in [0.5, 0.6) is 0 Å². The molecule has 98 valence electrons. The Morgan fingerprint density at radius 1 is 1.44 bits per heavy atom. The average Bonchev–Trinajstić information content (AvgIpc) is 2.77. The highest BCUT2D eigenvalue weighted by molar-refractivity contribution is 6.18. The highest BCUT2D eigenvalue weighted by Gasteiger charge is 2.07. The molecule has 1 atom stereocenters. The van der Waals surface area contributed by atoms with Gasteiger partial charge in [-0.3, -0.25) is 4.40 Å². The molecule has 5 nitrogen and oxygen atoms in total. The standard InChI is InChI=1S/C12H18ClN5/c1-9(8-13)4-3-5-14-11-12-17-16-10(2)18(12)7-6-15-11/h6-7,9H,3-5,8H2,1-2H3,(H,14,15). The maximum Gasteiger partial charge on any atom is 0.203 e. The molecule has 0 spiro atoms. The van der Waals surface area contributed by atoms with Gasteiger partial charge in [-0.25, -0.2) is 4.98 Å². The van der Waals surface area contributed by atoms with Crippen molar-refractivity contribution in [1.29, 1.82) is 0 Å². The van der Waals surface area contributed by atoms with E-state index in [0.29, 0.717) is 5.92 Å². The van der Waals surface area contributed by atoms with Gasteiger partial charge < -0.3 is 5.32 Å². The van der Waals surface area contributed by atoms with E-state index in [9.17, 15) is 0 Å². The fourth-order valence-electron chi connectivity index (χ4n) is 1.80. The molecule has 0 amide bonds. The van der Waals surface area contributed by atoms with Crippen molar-refractivity contribution >= 4 is 23.1 Å². The summed E-state index contributed by atoms with van der Waals surface area (Å²) < 4.78 is 1.93. The van der Waals surface area contributed by atoms with Crippen molar-refractivity contribution in [1.82, 2.24) is 19.6 Å². The zero-order valence-corrected chi connectivity index (χ0v) is 11.5. The molecule has 2 aromatic heterocycles. The van der Waals surface area contributed by atoms with E-state index in [1.165, 1.54) is 0 Å². The average molecular weight is 268 g/mol. The lowest BCUT2D eigenvalue weighted by Gasteiger charge is -2.08. The van der Waals surface area contributed by atoms with Crippen molar-refractivity contribution in [2.45, 2.75) is 26.7 Å². The van der Waals surface area contributed by atoms with Crippen molar-refractivity contribution < 1.29 is 0 Å². The molecule has 18 heavy (non-hydrogen) atoms. The Bertz CT molecular complexity index is 510. The summed E-state index contributed by atoms with van der Waals surface area (Å²) in [5.74, 6) is 2.94. The minimum absolute atomic E-state index is 0.563. The Labute approximate surface area is 112 Å². The molecule has 0 saturated heterocycles. The summed E-state index contributed by atoms with van der Waals surface area (Å²) in [4.78, 5) is 4.30. The largest absolute Gasteiger partial charge is 0.367 e. The van der Waals surface area contributed by atoms with Gasteiger partial charge in [0.1, 0.15) is 5.82 Å². The number of hydrogen-bond donors (Lipinski definition) is 1. The minimum atomic E-state index is 0.563. The summed E-state index contributed by atoms with van der Waals surface area (Å²) in [5, 5.41) is 11.5. The van der Waals surface area contributed by atoms with Crippen molar-refractivity contribution in [3.8, 4) is 0 Å². The van der Waals surface area contributed by atoms with Gasteiger partial charge in [-0.1, -0.05) is 6.92 Å². The molecule has 2 rings (SSSR count). The predicted molar refractivity (Wildman–Crippen MR) is 73.1 cm³/mol. The Kier molecular flexibility index (Phi) is 4.36. The molecule has 6 heteroatoms. The number of alkyl halides is 1. The first-order valence-corrected chi connectivity index (χ1v) is 6.72. The maximum absolute atomic E-state index is 5.77. The van der Waals surface area contributed by atoms with Crippen molar-refractivity contribution in [3.05, 3.63) is 18.2 Å². The van der Waals surface area contributed by atoms with Crippen LogP contribution < -0.4 is 5.32 Å².